The van der Waals surface area contributed by atoms with Crippen LogP contribution in [0.5, 0.6) is 0 Å². The molecule has 2 heteroatoms. The lowest BCUT2D eigenvalue weighted by Gasteiger charge is -2.30. The standard InChI is InChI=1S/C25H26OSi/c1-20(26)19-24(27(2,3)23-17-11-6-12-18-23)25(21-13-7-4-8-14-21)22-15-9-5-10-16-22/h4-18H,19H2,1-3H3. The minimum atomic E-state index is -2.04. The summed E-state index contributed by atoms with van der Waals surface area (Å²) >= 11 is 0. The SMILES string of the molecule is CC(=O)CC(=C(c1ccccc1)c1ccccc1)[Si](C)(C)c1ccccc1. The van der Waals surface area contributed by atoms with Gasteiger partial charge in [0.1, 0.15) is 13.9 Å². The minimum absolute atomic E-state index is 0.214. The molecule has 3 aromatic rings. The second-order valence-electron chi connectivity index (χ2n) is 7.46. The summed E-state index contributed by atoms with van der Waals surface area (Å²) in [6.45, 7) is 6.40. The van der Waals surface area contributed by atoms with Crippen molar-refractivity contribution in [2.45, 2.75) is 26.4 Å². The summed E-state index contributed by atoms with van der Waals surface area (Å²) in [5, 5.41) is 2.64. The third-order valence-corrected chi connectivity index (χ3v) is 8.81. The maximum Gasteiger partial charge on any atom is 0.133 e. The van der Waals surface area contributed by atoms with E-state index < -0.39 is 8.07 Å². The van der Waals surface area contributed by atoms with E-state index in [2.05, 4.69) is 92.0 Å². The maximum absolute atomic E-state index is 12.3. The Bertz CT molecular complexity index is 884. The third kappa shape index (κ3) is 4.34. The molecule has 136 valence electrons. The molecule has 0 saturated carbocycles. The van der Waals surface area contributed by atoms with Gasteiger partial charge < -0.3 is 0 Å². The van der Waals surface area contributed by atoms with Crippen molar-refractivity contribution in [3.63, 3.8) is 0 Å². The van der Waals surface area contributed by atoms with Crippen molar-refractivity contribution < 1.29 is 4.79 Å². The van der Waals surface area contributed by atoms with E-state index in [0.29, 0.717) is 6.42 Å². The fourth-order valence-corrected chi connectivity index (χ4v) is 6.60. The molecule has 0 saturated heterocycles. The largest absolute Gasteiger partial charge is 0.300 e. The number of carbonyl (C=O) groups excluding carboxylic acids is 1. The highest BCUT2D eigenvalue weighted by Crippen LogP contribution is 2.33. The molecule has 0 aliphatic carbocycles. The maximum atomic E-state index is 12.3. The van der Waals surface area contributed by atoms with Gasteiger partial charge in [-0.2, -0.15) is 0 Å². The summed E-state index contributed by atoms with van der Waals surface area (Å²) in [5.74, 6) is 0.214. The Morgan fingerprint density at radius 1 is 0.704 bits per heavy atom. The molecule has 27 heavy (non-hydrogen) atoms. The molecule has 0 heterocycles. The first kappa shape index (κ1) is 19.1. The van der Waals surface area contributed by atoms with E-state index in [4.69, 9.17) is 0 Å². The molecule has 0 aliphatic heterocycles. The number of ketones is 1. The highest BCUT2D eigenvalue weighted by atomic mass is 28.3. The predicted octanol–water partition coefficient (Wildman–Crippen LogP) is 5.62. The number of benzene rings is 3. The van der Waals surface area contributed by atoms with Crippen LogP contribution in [0.15, 0.2) is 96.2 Å². The first-order chi connectivity index (χ1) is 13.0. The summed E-state index contributed by atoms with van der Waals surface area (Å²) < 4.78 is 0. The van der Waals surface area contributed by atoms with Gasteiger partial charge >= 0.3 is 0 Å². The Morgan fingerprint density at radius 2 is 1.11 bits per heavy atom. The van der Waals surface area contributed by atoms with Crippen LogP contribution in [0.1, 0.15) is 24.5 Å². The topological polar surface area (TPSA) is 17.1 Å². The second-order valence-corrected chi connectivity index (χ2v) is 11.9. The molecule has 1 nitrogen and oxygen atoms in total. The Balaban J connectivity index is 2.33. The first-order valence-corrected chi connectivity index (χ1v) is 12.4. The summed E-state index contributed by atoms with van der Waals surface area (Å²) in [6.07, 6.45) is 0.493. The van der Waals surface area contributed by atoms with Gasteiger partial charge in [-0.1, -0.05) is 114 Å². The summed E-state index contributed by atoms with van der Waals surface area (Å²) in [4.78, 5) is 12.3. The van der Waals surface area contributed by atoms with Crippen molar-refractivity contribution in [1.29, 1.82) is 0 Å². The molecule has 0 unspecified atom stereocenters. The van der Waals surface area contributed by atoms with Gasteiger partial charge in [0.05, 0.1) is 0 Å². The molecule has 0 bridgehead atoms. The molecule has 0 spiro atoms. The van der Waals surface area contributed by atoms with Crippen LogP contribution < -0.4 is 5.19 Å². The molecular weight excluding hydrogens is 344 g/mol. The predicted molar refractivity (Wildman–Crippen MR) is 118 cm³/mol. The fourth-order valence-electron chi connectivity index (χ4n) is 3.62. The number of carbonyl (C=O) groups is 1. The number of rotatable bonds is 6. The highest BCUT2D eigenvalue weighted by Gasteiger charge is 2.32. The van der Waals surface area contributed by atoms with Gasteiger partial charge in [0, 0.05) is 6.42 Å². The van der Waals surface area contributed by atoms with Crippen LogP contribution >= 0.6 is 0 Å². The molecule has 0 N–H and O–H groups in total. The summed E-state index contributed by atoms with van der Waals surface area (Å²) in [5.41, 5.74) is 3.57. The quantitative estimate of drug-likeness (QED) is 0.515. The fraction of sp³-hybridized carbons (Fsp3) is 0.160. The summed E-state index contributed by atoms with van der Waals surface area (Å²) in [6, 6.07) is 31.6. The lowest BCUT2D eigenvalue weighted by Crippen LogP contribution is -2.45. The number of allylic oxidation sites excluding steroid dienone is 1. The first-order valence-electron chi connectivity index (χ1n) is 9.39. The van der Waals surface area contributed by atoms with E-state index in [1.807, 2.05) is 12.1 Å². The molecule has 0 radical (unpaired) electrons. The Labute approximate surface area is 163 Å². The van der Waals surface area contributed by atoms with Gasteiger partial charge in [-0.25, -0.2) is 0 Å². The Kier molecular flexibility index (Phi) is 5.87. The van der Waals surface area contributed by atoms with Crippen molar-refractivity contribution >= 4 is 24.6 Å². The van der Waals surface area contributed by atoms with Crippen LogP contribution in [-0.2, 0) is 4.79 Å². The van der Waals surface area contributed by atoms with E-state index in [9.17, 15) is 4.79 Å². The minimum Gasteiger partial charge on any atom is -0.300 e. The van der Waals surface area contributed by atoms with Gasteiger partial charge in [0.25, 0.3) is 0 Å². The zero-order chi connectivity index (χ0) is 19.3. The van der Waals surface area contributed by atoms with Gasteiger partial charge in [-0.05, 0) is 23.6 Å². The van der Waals surface area contributed by atoms with Gasteiger partial charge in [-0.15, -0.1) is 0 Å². The monoisotopic (exact) mass is 370 g/mol. The average molecular weight is 371 g/mol. The van der Waals surface area contributed by atoms with Crippen LogP contribution in [0.4, 0.5) is 0 Å². The van der Waals surface area contributed by atoms with Crippen LogP contribution in [0.2, 0.25) is 13.1 Å². The second kappa shape index (κ2) is 8.32. The van der Waals surface area contributed by atoms with E-state index in [1.165, 1.54) is 27.1 Å². The van der Waals surface area contributed by atoms with Crippen LogP contribution in [-0.4, -0.2) is 13.9 Å². The molecule has 3 aromatic carbocycles. The summed E-state index contributed by atoms with van der Waals surface area (Å²) in [7, 11) is -2.04. The Morgan fingerprint density at radius 3 is 1.52 bits per heavy atom. The van der Waals surface area contributed by atoms with Crippen LogP contribution in [0, 0.1) is 0 Å². The van der Waals surface area contributed by atoms with E-state index >= 15 is 0 Å². The normalized spacial score (nSPS) is 11.1. The molecule has 0 fully saturated rings. The molecule has 3 rings (SSSR count). The van der Waals surface area contributed by atoms with E-state index in [0.717, 1.165) is 0 Å². The van der Waals surface area contributed by atoms with Gasteiger partial charge in [0.15, 0.2) is 0 Å². The molecule has 0 amide bonds. The van der Waals surface area contributed by atoms with Gasteiger partial charge in [-0.3, -0.25) is 4.79 Å². The highest BCUT2D eigenvalue weighted by molar-refractivity contribution is 6.96. The van der Waals surface area contributed by atoms with Crippen molar-refractivity contribution in [2.75, 3.05) is 0 Å². The third-order valence-electron chi connectivity index (χ3n) is 5.10. The van der Waals surface area contributed by atoms with Crippen molar-refractivity contribution in [3.8, 4) is 0 Å². The zero-order valence-corrected chi connectivity index (χ0v) is 17.3. The lowest BCUT2D eigenvalue weighted by atomic mass is 9.96. The lowest BCUT2D eigenvalue weighted by molar-refractivity contribution is -0.116. The van der Waals surface area contributed by atoms with Crippen LogP contribution in [0.25, 0.3) is 5.57 Å². The smallest absolute Gasteiger partial charge is 0.133 e. The molecule has 0 atom stereocenters. The van der Waals surface area contributed by atoms with E-state index in [1.54, 1.807) is 6.92 Å². The Hall–Kier alpha value is -2.71. The zero-order valence-electron chi connectivity index (χ0n) is 16.3. The number of Topliss-reactive ketones (excluding diaryl/α,β-unsaturated/α-hetero) is 1. The molecule has 0 aliphatic rings. The van der Waals surface area contributed by atoms with Gasteiger partial charge in [0.2, 0.25) is 0 Å². The van der Waals surface area contributed by atoms with Crippen molar-refractivity contribution in [2.24, 2.45) is 0 Å². The van der Waals surface area contributed by atoms with Crippen molar-refractivity contribution in [3.05, 3.63) is 107 Å². The average Bonchev–Trinajstić information content (AvgIpc) is 2.69. The number of hydrogen-bond donors (Lipinski definition) is 0. The molecular formula is C25H26OSi. The molecule has 0 aromatic heterocycles. The van der Waals surface area contributed by atoms with Crippen molar-refractivity contribution in [1.82, 2.24) is 0 Å². The van der Waals surface area contributed by atoms with E-state index in [-0.39, 0.29) is 5.78 Å². The van der Waals surface area contributed by atoms with Crippen LogP contribution in [0.3, 0.4) is 0 Å². The number of hydrogen-bond acceptors (Lipinski definition) is 1.